The van der Waals surface area contributed by atoms with Gasteiger partial charge in [0.15, 0.2) is 5.78 Å². The van der Waals surface area contributed by atoms with Crippen LogP contribution in [0.1, 0.15) is 42.3 Å². The molecule has 0 amide bonds. The van der Waals surface area contributed by atoms with Crippen molar-refractivity contribution in [3.8, 4) is 0 Å². The lowest BCUT2D eigenvalue weighted by molar-refractivity contribution is 0.102. The minimum Gasteiger partial charge on any atom is -0.293 e. The van der Waals surface area contributed by atoms with E-state index in [0.29, 0.717) is 5.75 Å². The Morgan fingerprint density at radius 2 is 1.52 bits per heavy atom. The van der Waals surface area contributed by atoms with E-state index >= 15 is 0 Å². The molecule has 0 aliphatic carbocycles. The van der Waals surface area contributed by atoms with Crippen LogP contribution in [0.2, 0.25) is 0 Å². The summed E-state index contributed by atoms with van der Waals surface area (Å²) < 4.78 is 0. The molecular formula is C19H22OS. The van der Waals surface area contributed by atoms with Gasteiger partial charge in [-0.25, -0.2) is 0 Å². The Morgan fingerprint density at radius 3 is 2.05 bits per heavy atom. The highest BCUT2D eigenvalue weighted by Gasteiger charge is 2.13. The summed E-state index contributed by atoms with van der Waals surface area (Å²) >= 11 is 1.60. The van der Waals surface area contributed by atoms with Crippen molar-refractivity contribution in [1.82, 2.24) is 0 Å². The monoisotopic (exact) mass is 298 g/mol. The molecule has 0 aromatic heterocycles. The third-order valence-electron chi connectivity index (χ3n) is 3.46. The van der Waals surface area contributed by atoms with E-state index in [4.69, 9.17) is 0 Å². The van der Waals surface area contributed by atoms with E-state index in [9.17, 15) is 4.79 Å². The number of Topliss-reactive ketones (excluding diaryl/α,β-unsaturated/α-hetero) is 1. The summed E-state index contributed by atoms with van der Waals surface area (Å²) in [5.41, 5.74) is 3.45. The second-order valence-corrected chi connectivity index (χ2v) is 7.40. The maximum Gasteiger partial charge on any atom is 0.173 e. The number of aryl methyl sites for hydroxylation is 1. The fraction of sp³-hybridized carbons (Fsp3) is 0.316. The molecule has 2 rings (SSSR count). The summed E-state index contributed by atoms with van der Waals surface area (Å²) in [6, 6.07) is 16.3. The van der Waals surface area contributed by atoms with Crippen LogP contribution in [0.15, 0.2) is 53.4 Å². The lowest BCUT2D eigenvalue weighted by atomic mass is 9.87. The molecule has 0 aliphatic rings. The van der Waals surface area contributed by atoms with Crippen molar-refractivity contribution in [3.63, 3.8) is 0 Å². The molecule has 0 spiro atoms. The van der Waals surface area contributed by atoms with Crippen LogP contribution in [0.4, 0.5) is 0 Å². The highest BCUT2D eigenvalue weighted by atomic mass is 32.2. The molecule has 2 aromatic carbocycles. The van der Waals surface area contributed by atoms with Crippen molar-refractivity contribution in [2.75, 3.05) is 5.75 Å². The first-order valence-corrected chi connectivity index (χ1v) is 8.18. The van der Waals surface area contributed by atoms with Crippen LogP contribution >= 0.6 is 11.8 Å². The fourth-order valence-corrected chi connectivity index (χ4v) is 2.82. The molecule has 0 saturated heterocycles. The van der Waals surface area contributed by atoms with Gasteiger partial charge in [-0.1, -0.05) is 62.7 Å². The first-order chi connectivity index (χ1) is 9.86. The van der Waals surface area contributed by atoms with Gasteiger partial charge in [-0.05, 0) is 30.0 Å². The number of rotatable bonds is 4. The average molecular weight is 298 g/mol. The molecule has 0 bridgehead atoms. The Labute approximate surface area is 131 Å². The van der Waals surface area contributed by atoms with Crippen molar-refractivity contribution in [3.05, 3.63) is 65.2 Å². The summed E-state index contributed by atoms with van der Waals surface area (Å²) in [7, 11) is 0. The van der Waals surface area contributed by atoms with Crippen molar-refractivity contribution in [1.29, 1.82) is 0 Å². The summed E-state index contributed by atoms with van der Waals surface area (Å²) in [5.74, 6) is 0.665. The normalized spacial score (nSPS) is 11.4. The molecule has 21 heavy (non-hydrogen) atoms. The molecule has 0 radical (unpaired) electrons. The van der Waals surface area contributed by atoms with Gasteiger partial charge < -0.3 is 0 Å². The van der Waals surface area contributed by atoms with Crippen LogP contribution < -0.4 is 0 Å². The topological polar surface area (TPSA) is 17.1 Å². The van der Waals surface area contributed by atoms with Gasteiger partial charge >= 0.3 is 0 Å². The van der Waals surface area contributed by atoms with Gasteiger partial charge in [0.05, 0.1) is 5.75 Å². The molecule has 1 nitrogen and oxygen atoms in total. The van der Waals surface area contributed by atoms with Crippen LogP contribution in [0.5, 0.6) is 0 Å². The summed E-state index contributed by atoms with van der Waals surface area (Å²) in [6.45, 7) is 8.64. The van der Waals surface area contributed by atoms with Gasteiger partial charge in [0, 0.05) is 10.5 Å². The lowest BCUT2D eigenvalue weighted by Gasteiger charge is -2.19. The maximum absolute atomic E-state index is 12.1. The van der Waals surface area contributed by atoms with E-state index in [-0.39, 0.29) is 11.2 Å². The molecular weight excluding hydrogens is 276 g/mol. The second kappa shape index (κ2) is 6.48. The Balaban J connectivity index is 1.97. The number of benzene rings is 2. The number of carbonyl (C=O) groups is 1. The molecule has 0 heterocycles. The highest BCUT2D eigenvalue weighted by molar-refractivity contribution is 8.00. The third-order valence-corrected chi connectivity index (χ3v) is 4.48. The number of ketones is 1. The smallest absolute Gasteiger partial charge is 0.173 e. The van der Waals surface area contributed by atoms with E-state index in [1.54, 1.807) is 11.8 Å². The minimum atomic E-state index is 0.168. The van der Waals surface area contributed by atoms with E-state index < -0.39 is 0 Å². The molecule has 2 aromatic rings. The first-order valence-electron chi connectivity index (χ1n) is 7.19. The van der Waals surface area contributed by atoms with Crippen LogP contribution in [-0.2, 0) is 5.41 Å². The molecule has 0 N–H and O–H groups in total. The Morgan fingerprint density at radius 1 is 0.952 bits per heavy atom. The largest absolute Gasteiger partial charge is 0.293 e. The van der Waals surface area contributed by atoms with Crippen LogP contribution in [0.25, 0.3) is 0 Å². The zero-order chi connectivity index (χ0) is 15.5. The van der Waals surface area contributed by atoms with Crippen molar-refractivity contribution in [2.45, 2.75) is 38.0 Å². The van der Waals surface area contributed by atoms with Gasteiger partial charge in [0.2, 0.25) is 0 Å². The molecule has 0 atom stereocenters. The van der Waals surface area contributed by atoms with E-state index in [1.807, 2.05) is 31.2 Å². The average Bonchev–Trinajstić information content (AvgIpc) is 2.45. The maximum atomic E-state index is 12.1. The molecule has 0 fully saturated rings. The molecule has 0 saturated carbocycles. The predicted molar refractivity (Wildman–Crippen MR) is 91.4 cm³/mol. The van der Waals surface area contributed by atoms with E-state index in [1.165, 1.54) is 11.1 Å². The zero-order valence-corrected chi connectivity index (χ0v) is 14.0. The van der Waals surface area contributed by atoms with Crippen molar-refractivity contribution in [2.24, 2.45) is 0 Å². The molecule has 0 unspecified atom stereocenters. The Bertz CT molecular complexity index is 604. The third kappa shape index (κ3) is 4.47. The highest BCUT2D eigenvalue weighted by Crippen LogP contribution is 2.26. The Kier molecular flexibility index (Phi) is 4.89. The van der Waals surface area contributed by atoms with Gasteiger partial charge in [-0.3, -0.25) is 4.79 Å². The molecule has 110 valence electrons. The fourth-order valence-electron chi connectivity index (χ4n) is 2.02. The van der Waals surface area contributed by atoms with Gasteiger partial charge in [-0.15, -0.1) is 11.8 Å². The van der Waals surface area contributed by atoms with Gasteiger partial charge in [0.25, 0.3) is 0 Å². The minimum absolute atomic E-state index is 0.168. The second-order valence-electron chi connectivity index (χ2n) is 6.35. The van der Waals surface area contributed by atoms with Crippen molar-refractivity contribution < 1.29 is 4.79 Å². The summed E-state index contributed by atoms with van der Waals surface area (Å²) in [6.07, 6.45) is 0. The first kappa shape index (κ1) is 15.8. The number of hydrogen-bond acceptors (Lipinski definition) is 2. The zero-order valence-electron chi connectivity index (χ0n) is 13.1. The van der Waals surface area contributed by atoms with Crippen LogP contribution in [0, 0.1) is 6.92 Å². The molecule has 0 aliphatic heterocycles. The standard InChI is InChI=1S/C19H22OS/c1-14-5-7-15(8-6-14)18(20)13-21-17-11-9-16(10-12-17)19(2,3)4/h5-12H,13H2,1-4H3. The quantitative estimate of drug-likeness (QED) is 0.565. The van der Waals surface area contributed by atoms with Gasteiger partial charge in [-0.2, -0.15) is 0 Å². The SMILES string of the molecule is Cc1ccc(C(=O)CSc2ccc(C(C)(C)C)cc2)cc1. The van der Waals surface area contributed by atoms with E-state index in [0.717, 1.165) is 10.5 Å². The summed E-state index contributed by atoms with van der Waals surface area (Å²) in [4.78, 5) is 13.3. The lowest BCUT2D eigenvalue weighted by Crippen LogP contribution is -2.10. The molecule has 2 heteroatoms. The number of carbonyl (C=O) groups excluding carboxylic acids is 1. The summed E-state index contributed by atoms with van der Waals surface area (Å²) in [5, 5.41) is 0. The van der Waals surface area contributed by atoms with Crippen LogP contribution in [-0.4, -0.2) is 11.5 Å². The van der Waals surface area contributed by atoms with Crippen molar-refractivity contribution >= 4 is 17.5 Å². The Hall–Kier alpha value is -1.54. The van der Waals surface area contributed by atoms with E-state index in [2.05, 4.69) is 45.0 Å². The number of hydrogen-bond donors (Lipinski definition) is 0. The van der Waals surface area contributed by atoms with Gasteiger partial charge in [0.1, 0.15) is 0 Å². The predicted octanol–water partition coefficient (Wildman–Crippen LogP) is 5.27. The number of thioether (sulfide) groups is 1. The van der Waals surface area contributed by atoms with Crippen LogP contribution in [0.3, 0.4) is 0 Å².